The van der Waals surface area contributed by atoms with Gasteiger partial charge in [-0.2, -0.15) is 0 Å². The molecule has 0 aliphatic rings. The molecule has 0 bridgehead atoms. The molecule has 0 fully saturated rings. The molecule has 0 unspecified atom stereocenters. The van der Waals surface area contributed by atoms with Crippen LogP contribution in [0.3, 0.4) is 0 Å². The van der Waals surface area contributed by atoms with Crippen molar-refractivity contribution < 1.29 is 4.57 Å². The van der Waals surface area contributed by atoms with Crippen LogP contribution in [-0.4, -0.2) is 4.98 Å². The zero-order chi connectivity index (χ0) is 20.0. The molecule has 1 aromatic heterocycles. The average Bonchev–Trinajstić information content (AvgIpc) is 2.74. The Morgan fingerprint density at radius 2 is 1.38 bits per heavy atom. The molecule has 0 atom stereocenters. The Bertz CT molecular complexity index is 1370. The smallest absolute Gasteiger partial charge is 0.232 e. The number of aryl methyl sites for hydroxylation is 3. The second-order valence-electron chi connectivity index (χ2n) is 7.76. The predicted molar refractivity (Wildman–Crippen MR) is 121 cm³/mol. The van der Waals surface area contributed by atoms with Gasteiger partial charge in [-0.3, -0.25) is 0 Å². The summed E-state index contributed by atoms with van der Waals surface area (Å²) in [4.78, 5) is 5.12. The molecule has 4 aromatic carbocycles. The van der Waals surface area contributed by atoms with Crippen LogP contribution in [0.5, 0.6) is 0 Å². The predicted octanol–water partition coefficient (Wildman–Crippen LogP) is 6.16. The standard InChI is InChI=1S/C27H23N2/c1-18-12-14-20(15-13-18)24-16-26-25(23-11-7-6-10-22(23)24)17-29(3)27(28-26)21-9-5-4-8-19(21)2/h4-17H,1-3H3/q+1. The first-order valence-corrected chi connectivity index (χ1v) is 9.97. The Hall–Kier alpha value is -3.52. The summed E-state index contributed by atoms with van der Waals surface area (Å²) in [5.74, 6) is 0.987. The van der Waals surface area contributed by atoms with Crippen molar-refractivity contribution >= 4 is 21.7 Å². The highest BCUT2D eigenvalue weighted by atomic mass is 15.0. The molecule has 5 rings (SSSR count). The lowest BCUT2D eigenvalue weighted by atomic mass is 9.95. The Morgan fingerprint density at radius 3 is 2.14 bits per heavy atom. The molecule has 0 saturated heterocycles. The lowest BCUT2D eigenvalue weighted by molar-refractivity contribution is -0.661. The van der Waals surface area contributed by atoms with E-state index < -0.39 is 0 Å². The summed E-state index contributed by atoms with van der Waals surface area (Å²) < 4.78 is 2.14. The number of aromatic nitrogens is 2. The Kier molecular flexibility index (Phi) is 4.13. The van der Waals surface area contributed by atoms with Gasteiger partial charge < -0.3 is 0 Å². The van der Waals surface area contributed by atoms with Gasteiger partial charge >= 0.3 is 5.82 Å². The minimum atomic E-state index is 0.987. The van der Waals surface area contributed by atoms with E-state index >= 15 is 0 Å². The number of nitrogens with zero attached hydrogens (tertiary/aromatic N) is 2. The molecule has 0 saturated carbocycles. The van der Waals surface area contributed by atoms with Crippen molar-refractivity contribution in [2.45, 2.75) is 13.8 Å². The zero-order valence-corrected chi connectivity index (χ0v) is 17.0. The zero-order valence-electron chi connectivity index (χ0n) is 17.0. The van der Waals surface area contributed by atoms with Crippen LogP contribution in [0.4, 0.5) is 0 Å². The summed E-state index contributed by atoms with van der Waals surface area (Å²) in [6, 6.07) is 28.0. The molecular weight excluding hydrogens is 352 g/mol. The van der Waals surface area contributed by atoms with E-state index in [9.17, 15) is 0 Å². The number of rotatable bonds is 2. The van der Waals surface area contributed by atoms with Crippen molar-refractivity contribution in [2.24, 2.45) is 7.05 Å². The van der Waals surface area contributed by atoms with Gasteiger partial charge in [-0.15, -0.1) is 0 Å². The van der Waals surface area contributed by atoms with Crippen LogP contribution in [0, 0.1) is 13.8 Å². The van der Waals surface area contributed by atoms with Gasteiger partial charge in [-0.1, -0.05) is 72.3 Å². The van der Waals surface area contributed by atoms with Crippen LogP contribution in [0.25, 0.3) is 44.2 Å². The Balaban J connectivity index is 1.85. The highest BCUT2D eigenvalue weighted by Gasteiger charge is 2.20. The van der Waals surface area contributed by atoms with E-state index in [1.54, 1.807) is 0 Å². The van der Waals surface area contributed by atoms with E-state index in [-0.39, 0.29) is 0 Å². The summed E-state index contributed by atoms with van der Waals surface area (Å²) in [5, 5.41) is 3.67. The van der Waals surface area contributed by atoms with Gasteiger partial charge in [0.05, 0.1) is 18.0 Å². The van der Waals surface area contributed by atoms with E-state index in [4.69, 9.17) is 4.98 Å². The fraction of sp³-hybridized carbons (Fsp3) is 0.111. The van der Waals surface area contributed by atoms with Crippen LogP contribution in [0.2, 0.25) is 0 Å². The molecule has 140 valence electrons. The van der Waals surface area contributed by atoms with E-state index in [0.717, 1.165) is 11.3 Å². The third kappa shape index (κ3) is 2.98. The maximum Gasteiger partial charge on any atom is 0.331 e. The maximum absolute atomic E-state index is 5.12. The van der Waals surface area contributed by atoms with E-state index in [1.165, 1.54) is 44.0 Å². The molecule has 1 heterocycles. The molecule has 0 amide bonds. The lowest BCUT2D eigenvalue weighted by Gasteiger charge is -2.10. The SMILES string of the molecule is Cc1ccc(-c2cc3nc(-c4ccccc4C)[n+](C)cc3c3ccccc23)cc1. The summed E-state index contributed by atoms with van der Waals surface area (Å²) >= 11 is 0. The highest BCUT2D eigenvalue weighted by molar-refractivity contribution is 6.12. The molecule has 0 aliphatic carbocycles. The molecule has 0 radical (unpaired) electrons. The van der Waals surface area contributed by atoms with Gasteiger partial charge in [-0.25, -0.2) is 4.57 Å². The van der Waals surface area contributed by atoms with Gasteiger partial charge in [-0.05, 0) is 58.4 Å². The Labute approximate surface area is 171 Å². The third-order valence-corrected chi connectivity index (χ3v) is 5.70. The van der Waals surface area contributed by atoms with Crippen molar-refractivity contribution in [3.63, 3.8) is 0 Å². The minimum absolute atomic E-state index is 0.987. The minimum Gasteiger partial charge on any atom is -0.232 e. The molecule has 29 heavy (non-hydrogen) atoms. The van der Waals surface area contributed by atoms with Gasteiger partial charge in [0.25, 0.3) is 0 Å². The number of benzene rings is 4. The number of fused-ring (bicyclic) bond motifs is 3. The fourth-order valence-electron chi connectivity index (χ4n) is 4.10. The molecule has 0 aliphatic heterocycles. The van der Waals surface area contributed by atoms with Crippen LogP contribution >= 0.6 is 0 Å². The van der Waals surface area contributed by atoms with Gasteiger partial charge in [0.1, 0.15) is 6.20 Å². The van der Waals surface area contributed by atoms with Crippen LogP contribution in [0.1, 0.15) is 11.1 Å². The Morgan fingerprint density at radius 1 is 0.690 bits per heavy atom. The molecule has 2 nitrogen and oxygen atoms in total. The van der Waals surface area contributed by atoms with E-state index in [0.29, 0.717) is 0 Å². The third-order valence-electron chi connectivity index (χ3n) is 5.70. The molecule has 0 spiro atoms. The maximum atomic E-state index is 5.12. The molecule has 0 N–H and O–H groups in total. The van der Waals surface area contributed by atoms with Crippen LogP contribution in [0.15, 0.2) is 85.1 Å². The van der Waals surface area contributed by atoms with Gasteiger partial charge in [0.2, 0.25) is 0 Å². The first-order chi connectivity index (χ1) is 14.1. The highest BCUT2D eigenvalue weighted by Crippen LogP contribution is 2.34. The number of hydrogen-bond acceptors (Lipinski definition) is 1. The number of hydrogen-bond donors (Lipinski definition) is 0. The van der Waals surface area contributed by atoms with Crippen molar-refractivity contribution in [3.05, 3.63) is 96.2 Å². The second kappa shape index (κ2) is 6.82. The second-order valence-corrected chi connectivity index (χ2v) is 7.76. The molecule has 5 aromatic rings. The van der Waals surface area contributed by atoms with Crippen LogP contribution in [-0.2, 0) is 7.05 Å². The fourth-order valence-corrected chi connectivity index (χ4v) is 4.10. The van der Waals surface area contributed by atoms with Crippen molar-refractivity contribution in [1.29, 1.82) is 0 Å². The molecular formula is C27H23N2+. The summed E-state index contributed by atoms with van der Waals surface area (Å²) in [5.41, 5.74) is 7.14. The monoisotopic (exact) mass is 375 g/mol. The summed E-state index contributed by atoms with van der Waals surface area (Å²) in [7, 11) is 2.08. The first kappa shape index (κ1) is 17.6. The van der Waals surface area contributed by atoms with Crippen LogP contribution < -0.4 is 4.57 Å². The molecule has 2 heteroatoms. The summed E-state index contributed by atoms with van der Waals surface area (Å²) in [6.07, 6.45) is 2.21. The van der Waals surface area contributed by atoms with E-state index in [1.807, 2.05) is 0 Å². The lowest BCUT2D eigenvalue weighted by Crippen LogP contribution is -2.32. The largest absolute Gasteiger partial charge is 0.331 e. The normalized spacial score (nSPS) is 11.3. The average molecular weight is 375 g/mol. The van der Waals surface area contributed by atoms with Gasteiger partial charge in [0, 0.05) is 0 Å². The first-order valence-electron chi connectivity index (χ1n) is 9.97. The van der Waals surface area contributed by atoms with Crippen molar-refractivity contribution in [3.8, 4) is 22.5 Å². The quantitative estimate of drug-likeness (QED) is 0.267. The van der Waals surface area contributed by atoms with E-state index in [2.05, 4.69) is 111 Å². The van der Waals surface area contributed by atoms with Crippen molar-refractivity contribution in [1.82, 2.24) is 4.98 Å². The van der Waals surface area contributed by atoms with Gasteiger partial charge in [0.15, 0.2) is 5.52 Å². The van der Waals surface area contributed by atoms with Crippen molar-refractivity contribution in [2.75, 3.05) is 0 Å². The summed E-state index contributed by atoms with van der Waals surface area (Å²) in [6.45, 7) is 4.26. The topological polar surface area (TPSA) is 16.8 Å².